The highest BCUT2D eigenvalue weighted by molar-refractivity contribution is 5.88. The maximum Gasteiger partial charge on any atom is 0.0139 e. The molecule has 1 aromatic carbocycles. The number of allylic oxidation sites excluding steroid dienone is 6. The van der Waals surface area contributed by atoms with E-state index < -0.39 is 0 Å². The van der Waals surface area contributed by atoms with Gasteiger partial charge in [-0.25, -0.2) is 0 Å². The first-order valence-corrected chi connectivity index (χ1v) is 6.12. The van der Waals surface area contributed by atoms with Crippen LogP contribution in [0.15, 0.2) is 66.8 Å². The predicted molar refractivity (Wildman–Crippen MR) is 73.8 cm³/mol. The Morgan fingerprint density at radius 1 is 1.29 bits per heavy atom. The van der Waals surface area contributed by atoms with Crippen LogP contribution in [0.25, 0.3) is 5.57 Å². The zero-order chi connectivity index (χ0) is 11.8. The van der Waals surface area contributed by atoms with Crippen molar-refractivity contribution in [1.29, 1.82) is 0 Å². The SMILES string of the molecule is C=CCC1C2=C(C=CCC2=C)c2ccccc21. The van der Waals surface area contributed by atoms with Crippen molar-refractivity contribution in [3.05, 3.63) is 77.9 Å². The van der Waals surface area contributed by atoms with Crippen LogP contribution in [0.2, 0.25) is 0 Å². The van der Waals surface area contributed by atoms with Gasteiger partial charge in [0.2, 0.25) is 0 Å². The normalized spacial score (nSPS) is 21.4. The van der Waals surface area contributed by atoms with Gasteiger partial charge < -0.3 is 0 Å². The van der Waals surface area contributed by atoms with E-state index in [0.717, 1.165) is 12.8 Å². The summed E-state index contributed by atoms with van der Waals surface area (Å²) >= 11 is 0. The lowest BCUT2D eigenvalue weighted by molar-refractivity contribution is 0.829. The van der Waals surface area contributed by atoms with Gasteiger partial charge in [0, 0.05) is 5.92 Å². The molecule has 0 amide bonds. The van der Waals surface area contributed by atoms with E-state index in [1.54, 1.807) is 0 Å². The maximum absolute atomic E-state index is 4.23. The van der Waals surface area contributed by atoms with Gasteiger partial charge in [-0.15, -0.1) is 6.58 Å². The van der Waals surface area contributed by atoms with E-state index in [4.69, 9.17) is 0 Å². The van der Waals surface area contributed by atoms with Crippen molar-refractivity contribution in [1.82, 2.24) is 0 Å². The minimum Gasteiger partial charge on any atom is -0.103 e. The highest BCUT2D eigenvalue weighted by Crippen LogP contribution is 2.49. The molecule has 0 aliphatic heterocycles. The fourth-order valence-electron chi connectivity index (χ4n) is 2.99. The number of rotatable bonds is 2. The van der Waals surface area contributed by atoms with Crippen LogP contribution >= 0.6 is 0 Å². The minimum absolute atomic E-state index is 0.469. The molecule has 0 saturated carbocycles. The van der Waals surface area contributed by atoms with Gasteiger partial charge >= 0.3 is 0 Å². The van der Waals surface area contributed by atoms with E-state index in [1.165, 1.54) is 27.8 Å². The Kier molecular flexibility index (Phi) is 2.36. The minimum atomic E-state index is 0.469. The van der Waals surface area contributed by atoms with Crippen molar-refractivity contribution in [3.63, 3.8) is 0 Å². The standard InChI is InChI=1S/C17H16/c1-3-7-15-13-9-4-5-10-14(13)16-11-6-8-12(2)17(15)16/h3-6,9-11,15H,1-2,7-8H2. The summed E-state index contributed by atoms with van der Waals surface area (Å²) in [5.41, 5.74) is 6.90. The summed E-state index contributed by atoms with van der Waals surface area (Å²) in [6, 6.07) is 8.70. The molecule has 2 aliphatic carbocycles. The number of hydrogen-bond donors (Lipinski definition) is 0. The molecule has 2 aliphatic rings. The fraction of sp³-hybridized carbons (Fsp3) is 0.176. The molecule has 0 aromatic heterocycles. The van der Waals surface area contributed by atoms with Gasteiger partial charge in [-0.2, -0.15) is 0 Å². The van der Waals surface area contributed by atoms with Crippen LogP contribution in [0.5, 0.6) is 0 Å². The zero-order valence-electron chi connectivity index (χ0n) is 9.95. The van der Waals surface area contributed by atoms with Crippen LogP contribution < -0.4 is 0 Å². The largest absolute Gasteiger partial charge is 0.103 e. The Morgan fingerprint density at radius 3 is 2.94 bits per heavy atom. The van der Waals surface area contributed by atoms with Crippen molar-refractivity contribution in [3.8, 4) is 0 Å². The molecule has 0 fully saturated rings. The smallest absolute Gasteiger partial charge is 0.0139 e. The molecular formula is C17H16. The van der Waals surface area contributed by atoms with E-state index in [-0.39, 0.29) is 0 Å². The molecule has 1 atom stereocenters. The summed E-state index contributed by atoms with van der Waals surface area (Å²) in [7, 11) is 0. The average Bonchev–Trinajstić information content (AvgIpc) is 2.67. The Labute approximate surface area is 103 Å². The van der Waals surface area contributed by atoms with E-state index in [9.17, 15) is 0 Å². The third kappa shape index (κ3) is 1.44. The monoisotopic (exact) mass is 220 g/mol. The fourth-order valence-corrected chi connectivity index (χ4v) is 2.99. The van der Waals surface area contributed by atoms with Crippen molar-refractivity contribution in [2.24, 2.45) is 0 Å². The molecule has 0 bridgehead atoms. The van der Waals surface area contributed by atoms with E-state index in [2.05, 4.69) is 49.6 Å². The Morgan fingerprint density at radius 2 is 2.12 bits per heavy atom. The second-order valence-corrected chi connectivity index (χ2v) is 4.70. The van der Waals surface area contributed by atoms with Gasteiger partial charge in [-0.1, -0.05) is 49.1 Å². The van der Waals surface area contributed by atoms with Crippen LogP contribution in [0, 0.1) is 0 Å². The Hall–Kier alpha value is -1.82. The highest BCUT2D eigenvalue weighted by Gasteiger charge is 2.31. The van der Waals surface area contributed by atoms with Gasteiger partial charge in [0.15, 0.2) is 0 Å². The average molecular weight is 220 g/mol. The van der Waals surface area contributed by atoms with Crippen LogP contribution in [-0.4, -0.2) is 0 Å². The summed E-state index contributed by atoms with van der Waals surface area (Å²) < 4.78 is 0. The van der Waals surface area contributed by atoms with E-state index >= 15 is 0 Å². The first-order chi connectivity index (χ1) is 8.33. The molecule has 1 unspecified atom stereocenters. The molecule has 0 saturated heterocycles. The number of benzene rings is 1. The lowest BCUT2D eigenvalue weighted by atomic mass is 9.85. The summed E-state index contributed by atoms with van der Waals surface area (Å²) in [6.07, 6.45) is 8.48. The second kappa shape index (κ2) is 3.89. The molecule has 0 radical (unpaired) electrons. The van der Waals surface area contributed by atoms with Gasteiger partial charge in [0.1, 0.15) is 0 Å². The summed E-state index contributed by atoms with van der Waals surface area (Å²) in [4.78, 5) is 0. The molecule has 0 N–H and O–H groups in total. The maximum atomic E-state index is 4.23. The first-order valence-electron chi connectivity index (χ1n) is 6.12. The molecule has 17 heavy (non-hydrogen) atoms. The summed E-state index contributed by atoms with van der Waals surface area (Å²) in [5, 5.41) is 0. The van der Waals surface area contributed by atoms with Gasteiger partial charge in [-0.3, -0.25) is 0 Å². The van der Waals surface area contributed by atoms with Gasteiger partial charge in [-0.05, 0) is 40.7 Å². The lowest BCUT2D eigenvalue weighted by Gasteiger charge is -2.18. The summed E-state index contributed by atoms with van der Waals surface area (Å²) in [5.74, 6) is 0.469. The van der Waals surface area contributed by atoms with E-state index in [0.29, 0.717) is 5.92 Å². The molecule has 0 spiro atoms. The third-order valence-corrected chi connectivity index (χ3v) is 3.70. The van der Waals surface area contributed by atoms with Crippen molar-refractivity contribution < 1.29 is 0 Å². The molecule has 1 aromatic rings. The molecule has 84 valence electrons. The highest BCUT2D eigenvalue weighted by atomic mass is 14.3. The van der Waals surface area contributed by atoms with Crippen molar-refractivity contribution in [2.75, 3.05) is 0 Å². The van der Waals surface area contributed by atoms with Crippen molar-refractivity contribution >= 4 is 5.57 Å². The van der Waals surface area contributed by atoms with Gasteiger partial charge in [0.05, 0.1) is 0 Å². The molecule has 0 heteroatoms. The molecular weight excluding hydrogens is 204 g/mol. The van der Waals surface area contributed by atoms with Gasteiger partial charge in [0.25, 0.3) is 0 Å². The first kappa shape index (κ1) is 10.3. The zero-order valence-corrected chi connectivity index (χ0v) is 9.95. The van der Waals surface area contributed by atoms with E-state index in [1.807, 2.05) is 6.08 Å². The summed E-state index contributed by atoms with van der Waals surface area (Å²) in [6.45, 7) is 8.12. The number of hydrogen-bond acceptors (Lipinski definition) is 0. The van der Waals surface area contributed by atoms with Crippen LogP contribution in [0.1, 0.15) is 29.9 Å². The molecule has 3 rings (SSSR count). The van der Waals surface area contributed by atoms with Crippen LogP contribution in [0.3, 0.4) is 0 Å². The Bertz CT molecular complexity index is 555. The second-order valence-electron chi connectivity index (χ2n) is 4.70. The van der Waals surface area contributed by atoms with Crippen molar-refractivity contribution in [2.45, 2.75) is 18.8 Å². The lowest BCUT2D eigenvalue weighted by Crippen LogP contribution is -2.01. The molecule has 0 heterocycles. The predicted octanol–water partition coefficient (Wildman–Crippen LogP) is 4.63. The third-order valence-electron chi connectivity index (χ3n) is 3.70. The van der Waals surface area contributed by atoms with Crippen LogP contribution in [-0.2, 0) is 0 Å². The quantitative estimate of drug-likeness (QED) is 0.637. The molecule has 0 nitrogen and oxygen atoms in total. The van der Waals surface area contributed by atoms with Crippen LogP contribution in [0.4, 0.5) is 0 Å². The Balaban J connectivity index is 2.21. The topological polar surface area (TPSA) is 0 Å². The number of fused-ring (bicyclic) bond motifs is 2.